The van der Waals surface area contributed by atoms with Gasteiger partial charge in [-0.25, -0.2) is 0 Å². The van der Waals surface area contributed by atoms with Crippen molar-refractivity contribution in [1.82, 2.24) is 5.32 Å². The standard InChI is InChI=1S/C16H23NO2/c1-2-3-10-18-11-12-19-16-8-4-14(5-9-16)13-17-15-6-7-15/h2-5,8-9,15,17H,6-7,10-13H2,1H3. The Hall–Kier alpha value is -1.32. The van der Waals surface area contributed by atoms with Gasteiger partial charge in [0.2, 0.25) is 0 Å². The first-order valence-electron chi connectivity index (χ1n) is 7.02. The summed E-state index contributed by atoms with van der Waals surface area (Å²) in [5.41, 5.74) is 1.31. The molecule has 1 aromatic rings. The molecule has 1 aromatic carbocycles. The van der Waals surface area contributed by atoms with Crippen LogP contribution in [0.2, 0.25) is 0 Å². The summed E-state index contributed by atoms with van der Waals surface area (Å²) < 4.78 is 11.0. The predicted molar refractivity (Wildman–Crippen MR) is 77.4 cm³/mol. The van der Waals surface area contributed by atoms with Crippen LogP contribution in [-0.4, -0.2) is 25.9 Å². The van der Waals surface area contributed by atoms with Gasteiger partial charge in [0.15, 0.2) is 0 Å². The first-order chi connectivity index (χ1) is 9.38. The Labute approximate surface area is 115 Å². The molecule has 1 aliphatic rings. The van der Waals surface area contributed by atoms with Crippen LogP contribution in [0.4, 0.5) is 0 Å². The Morgan fingerprint density at radius 3 is 2.68 bits per heavy atom. The van der Waals surface area contributed by atoms with Gasteiger partial charge < -0.3 is 14.8 Å². The van der Waals surface area contributed by atoms with Crippen LogP contribution in [-0.2, 0) is 11.3 Å². The van der Waals surface area contributed by atoms with Crippen molar-refractivity contribution in [2.24, 2.45) is 0 Å². The first-order valence-corrected chi connectivity index (χ1v) is 7.02. The molecule has 1 fully saturated rings. The van der Waals surface area contributed by atoms with E-state index in [1.54, 1.807) is 0 Å². The maximum Gasteiger partial charge on any atom is 0.119 e. The lowest BCUT2D eigenvalue weighted by Crippen LogP contribution is -2.15. The van der Waals surface area contributed by atoms with E-state index in [9.17, 15) is 0 Å². The largest absolute Gasteiger partial charge is 0.491 e. The summed E-state index contributed by atoms with van der Waals surface area (Å²) in [5.74, 6) is 0.907. The summed E-state index contributed by atoms with van der Waals surface area (Å²) in [7, 11) is 0. The minimum Gasteiger partial charge on any atom is -0.491 e. The lowest BCUT2D eigenvalue weighted by Gasteiger charge is -2.08. The van der Waals surface area contributed by atoms with Crippen LogP contribution in [0.3, 0.4) is 0 Å². The monoisotopic (exact) mass is 261 g/mol. The molecule has 0 aromatic heterocycles. The van der Waals surface area contributed by atoms with Crippen molar-refractivity contribution in [2.75, 3.05) is 19.8 Å². The molecule has 0 saturated heterocycles. The summed E-state index contributed by atoms with van der Waals surface area (Å²) in [6.45, 7) is 4.81. The van der Waals surface area contributed by atoms with Crippen molar-refractivity contribution in [1.29, 1.82) is 0 Å². The van der Waals surface area contributed by atoms with E-state index in [0.717, 1.165) is 18.3 Å². The van der Waals surface area contributed by atoms with Crippen molar-refractivity contribution in [2.45, 2.75) is 32.4 Å². The molecule has 1 N–H and O–H groups in total. The molecule has 0 spiro atoms. The van der Waals surface area contributed by atoms with Crippen LogP contribution in [0.1, 0.15) is 25.3 Å². The summed E-state index contributed by atoms with van der Waals surface area (Å²) >= 11 is 0. The zero-order valence-electron chi connectivity index (χ0n) is 11.6. The second kappa shape index (κ2) is 7.97. The average Bonchev–Trinajstić information content (AvgIpc) is 3.26. The number of rotatable bonds is 9. The lowest BCUT2D eigenvalue weighted by atomic mass is 10.2. The normalized spacial score (nSPS) is 15.0. The second-order valence-corrected chi connectivity index (χ2v) is 4.79. The number of hydrogen-bond donors (Lipinski definition) is 1. The molecule has 1 saturated carbocycles. The molecule has 1 aliphatic carbocycles. The van der Waals surface area contributed by atoms with E-state index < -0.39 is 0 Å². The topological polar surface area (TPSA) is 30.5 Å². The third-order valence-electron chi connectivity index (χ3n) is 3.04. The zero-order chi connectivity index (χ0) is 13.3. The molecular formula is C16H23NO2. The molecule has 3 heteroatoms. The lowest BCUT2D eigenvalue weighted by molar-refractivity contribution is 0.121. The van der Waals surface area contributed by atoms with Crippen LogP contribution < -0.4 is 10.1 Å². The maximum atomic E-state index is 5.61. The third-order valence-corrected chi connectivity index (χ3v) is 3.04. The fourth-order valence-corrected chi connectivity index (χ4v) is 1.72. The number of allylic oxidation sites excluding steroid dienone is 1. The number of benzene rings is 1. The highest BCUT2D eigenvalue weighted by atomic mass is 16.5. The van der Waals surface area contributed by atoms with Crippen molar-refractivity contribution in [3.05, 3.63) is 42.0 Å². The fourth-order valence-electron chi connectivity index (χ4n) is 1.72. The molecule has 0 atom stereocenters. The van der Waals surface area contributed by atoms with Crippen LogP contribution >= 0.6 is 0 Å². The highest BCUT2D eigenvalue weighted by Gasteiger charge is 2.19. The Morgan fingerprint density at radius 1 is 1.21 bits per heavy atom. The minimum absolute atomic E-state index is 0.594. The van der Waals surface area contributed by atoms with Crippen LogP contribution in [0.25, 0.3) is 0 Å². The van der Waals surface area contributed by atoms with E-state index in [0.29, 0.717) is 19.8 Å². The first kappa shape index (κ1) is 14.1. The van der Waals surface area contributed by atoms with Gasteiger partial charge in [0.05, 0.1) is 13.2 Å². The average molecular weight is 261 g/mol. The molecule has 104 valence electrons. The van der Waals surface area contributed by atoms with Gasteiger partial charge in [-0.3, -0.25) is 0 Å². The van der Waals surface area contributed by atoms with Crippen LogP contribution in [0.5, 0.6) is 5.75 Å². The summed E-state index contributed by atoms with van der Waals surface area (Å²) in [5, 5.41) is 3.50. The van der Waals surface area contributed by atoms with Gasteiger partial charge in [0.1, 0.15) is 12.4 Å². The second-order valence-electron chi connectivity index (χ2n) is 4.79. The van der Waals surface area contributed by atoms with Crippen molar-refractivity contribution in [3.8, 4) is 5.75 Å². The van der Waals surface area contributed by atoms with Crippen molar-refractivity contribution in [3.63, 3.8) is 0 Å². The predicted octanol–water partition coefficient (Wildman–Crippen LogP) is 2.91. The van der Waals surface area contributed by atoms with Gasteiger partial charge in [0, 0.05) is 12.6 Å². The number of ether oxygens (including phenoxy) is 2. The zero-order valence-corrected chi connectivity index (χ0v) is 11.6. The molecule has 19 heavy (non-hydrogen) atoms. The Kier molecular flexibility index (Phi) is 5.92. The molecule has 3 nitrogen and oxygen atoms in total. The molecule has 2 rings (SSSR count). The van der Waals surface area contributed by atoms with E-state index in [-0.39, 0.29) is 0 Å². The van der Waals surface area contributed by atoms with E-state index >= 15 is 0 Å². The highest BCUT2D eigenvalue weighted by Crippen LogP contribution is 2.19. The van der Waals surface area contributed by atoms with Gasteiger partial charge in [0.25, 0.3) is 0 Å². The van der Waals surface area contributed by atoms with Gasteiger partial charge in [-0.1, -0.05) is 24.3 Å². The van der Waals surface area contributed by atoms with Crippen molar-refractivity contribution >= 4 is 0 Å². The maximum absolute atomic E-state index is 5.61. The quantitative estimate of drug-likeness (QED) is 0.547. The Morgan fingerprint density at radius 2 is 2.00 bits per heavy atom. The molecular weight excluding hydrogens is 238 g/mol. The van der Waals surface area contributed by atoms with Gasteiger partial charge >= 0.3 is 0 Å². The van der Waals surface area contributed by atoms with Gasteiger partial charge in [-0.15, -0.1) is 0 Å². The molecule has 0 heterocycles. The summed E-state index contributed by atoms with van der Waals surface area (Å²) in [6, 6.07) is 9.04. The van der Waals surface area contributed by atoms with Crippen LogP contribution in [0.15, 0.2) is 36.4 Å². The van der Waals surface area contributed by atoms with Crippen molar-refractivity contribution < 1.29 is 9.47 Å². The fraction of sp³-hybridized carbons (Fsp3) is 0.500. The summed E-state index contributed by atoms with van der Waals surface area (Å²) in [4.78, 5) is 0. The summed E-state index contributed by atoms with van der Waals surface area (Å²) in [6.07, 6.45) is 6.62. The number of nitrogens with one attached hydrogen (secondary N) is 1. The molecule has 0 unspecified atom stereocenters. The Balaban J connectivity index is 1.60. The van der Waals surface area contributed by atoms with Gasteiger partial charge in [-0.05, 0) is 37.5 Å². The smallest absolute Gasteiger partial charge is 0.119 e. The SMILES string of the molecule is CC=CCOCCOc1ccc(CNC2CC2)cc1. The molecule has 0 bridgehead atoms. The molecule has 0 amide bonds. The number of hydrogen-bond acceptors (Lipinski definition) is 3. The van der Waals surface area contributed by atoms with E-state index in [2.05, 4.69) is 17.4 Å². The van der Waals surface area contributed by atoms with E-state index in [4.69, 9.17) is 9.47 Å². The van der Waals surface area contributed by atoms with E-state index in [1.807, 2.05) is 31.2 Å². The minimum atomic E-state index is 0.594. The van der Waals surface area contributed by atoms with Crippen LogP contribution in [0, 0.1) is 0 Å². The van der Waals surface area contributed by atoms with E-state index in [1.165, 1.54) is 18.4 Å². The molecule has 0 radical (unpaired) electrons. The molecule has 0 aliphatic heterocycles. The Bertz CT molecular complexity index is 382. The van der Waals surface area contributed by atoms with Gasteiger partial charge in [-0.2, -0.15) is 0 Å². The highest BCUT2D eigenvalue weighted by molar-refractivity contribution is 5.27. The third kappa shape index (κ3) is 5.90.